The summed E-state index contributed by atoms with van der Waals surface area (Å²) in [5.41, 5.74) is 0.973. The molecule has 0 fully saturated rings. The summed E-state index contributed by atoms with van der Waals surface area (Å²) in [5.74, 6) is -0.538. The van der Waals surface area contributed by atoms with Crippen LogP contribution in [0.3, 0.4) is 0 Å². The molecule has 0 radical (unpaired) electrons. The van der Waals surface area contributed by atoms with E-state index in [0.717, 1.165) is 11.1 Å². The summed E-state index contributed by atoms with van der Waals surface area (Å²) in [7, 11) is -4.01. The molecule has 0 aliphatic carbocycles. The van der Waals surface area contributed by atoms with E-state index < -0.39 is 27.6 Å². The lowest BCUT2D eigenvalue weighted by Gasteiger charge is -2.40. The number of carbonyl (C=O) groups is 1. The number of esters is 1. The molecule has 2 N–H and O–H groups in total. The lowest BCUT2D eigenvalue weighted by Crippen LogP contribution is -2.62. The standard InChI is InChI=1S/C31H32N2O4S/c1-2-37-30(34)31(23-25-15-7-3-8-16-25,32-24-26-17-9-4-10-18-26)29(27-19-11-5-12-20-27)33-38(35,36)28-21-13-6-14-22-28/h3-22,29,32-33H,2,23-24H2,1H3/t29-,31-/m1/s1. The van der Waals surface area contributed by atoms with Crippen molar-refractivity contribution in [2.45, 2.75) is 36.4 Å². The first-order valence-corrected chi connectivity index (χ1v) is 14.1. The molecule has 0 bridgehead atoms. The van der Waals surface area contributed by atoms with Crippen LogP contribution in [0.5, 0.6) is 0 Å². The van der Waals surface area contributed by atoms with Gasteiger partial charge in [-0.05, 0) is 35.7 Å². The van der Waals surface area contributed by atoms with Gasteiger partial charge in [-0.25, -0.2) is 17.9 Å². The highest BCUT2D eigenvalue weighted by Crippen LogP contribution is 2.33. The van der Waals surface area contributed by atoms with Crippen LogP contribution < -0.4 is 10.0 Å². The maximum Gasteiger partial charge on any atom is 0.328 e. The van der Waals surface area contributed by atoms with Crippen molar-refractivity contribution in [1.29, 1.82) is 0 Å². The average Bonchev–Trinajstić information content (AvgIpc) is 2.96. The Morgan fingerprint density at radius 3 is 1.82 bits per heavy atom. The molecule has 196 valence electrons. The molecule has 4 aromatic rings. The fourth-order valence-electron chi connectivity index (χ4n) is 4.48. The zero-order valence-corrected chi connectivity index (χ0v) is 22.1. The molecule has 38 heavy (non-hydrogen) atoms. The molecule has 4 aromatic carbocycles. The summed E-state index contributed by atoms with van der Waals surface area (Å²) in [5, 5.41) is 3.45. The number of benzene rings is 4. The van der Waals surface area contributed by atoms with E-state index in [4.69, 9.17) is 4.74 Å². The van der Waals surface area contributed by atoms with Gasteiger partial charge in [0.1, 0.15) is 5.54 Å². The molecule has 0 aliphatic rings. The topological polar surface area (TPSA) is 84.5 Å². The molecular formula is C31H32N2O4S. The zero-order valence-electron chi connectivity index (χ0n) is 21.3. The highest BCUT2D eigenvalue weighted by atomic mass is 32.2. The van der Waals surface area contributed by atoms with Crippen molar-refractivity contribution < 1.29 is 17.9 Å². The van der Waals surface area contributed by atoms with Gasteiger partial charge in [0.05, 0.1) is 17.5 Å². The van der Waals surface area contributed by atoms with E-state index in [2.05, 4.69) is 10.0 Å². The van der Waals surface area contributed by atoms with Gasteiger partial charge in [0.15, 0.2) is 0 Å². The molecule has 0 heterocycles. The molecule has 0 aliphatic heterocycles. The summed E-state index contributed by atoms with van der Waals surface area (Å²) < 4.78 is 35.9. The normalized spacial score (nSPS) is 13.8. The van der Waals surface area contributed by atoms with Crippen molar-refractivity contribution in [3.8, 4) is 0 Å². The van der Waals surface area contributed by atoms with Crippen LogP contribution in [0, 0.1) is 0 Å². The number of hydrogen-bond donors (Lipinski definition) is 2. The second kappa shape index (κ2) is 12.6. The summed E-state index contributed by atoms with van der Waals surface area (Å²) >= 11 is 0. The van der Waals surface area contributed by atoms with Crippen LogP contribution in [0.1, 0.15) is 29.7 Å². The van der Waals surface area contributed by atoms with Gasteiger partial charge < -0.3 is 4.74 Å². The van der Waals surface area contributed by atoms with Crippen LogP contribution in [-0.4, -0.2) is 26.5 Å². The Kier molecular flexibility index (Phi) is 9.07. The third-order valence-electron chi connectivity index (χ3n) is 6.37. The highest BCUT2D eigenvalue weighted by Gasteiger charge is 2.49. The van der Waals surface area contributed by atoms with E-state index >= 15 is 0 Å². The number of sulfonamides is 1. The molecule has 0 aromatic heterocycles. The summed E-state index contributed by atoms with van der Waals surface area (Å²) in [6, 6.07) is 35.5. The second-order valence-electron chi connectivity index (χ2n) is 8.97. The van der Waals surface area contributed by atoms with Crippen LogP contribution in [0.2, 0.25) is 0 Å². The Bertz CT molecular complexity index is 1400. The first-order chi connectivity index (χ1) is 18.4. The predicted molar refractivity (Wildman–Crippen MR) is 149 cm³/mol. The summed E-state index contributed by atoms with van der Waals surface area (Å²) in [6.45, 7) is 2.21. The zero-order chi connectivity index (χ0) is 26.8. The summed E-state index contributed by atoms with van der Waals surface area (Å²) in [4.78, 5) is 14.1. The second-order valence-corrected chi connectivity index (χ2v) is 10.7. The van der Waals surface area contributed by atoms with Crippen LogP contribution in [0.25, 0.3) is 0 Å². The van der Waals surface area contributed by atoms with E-state index in [-0.39, 0.29) is 17.9 Å². The quantitative estimate of drug-likeness (QED) is 0.252. The lowest BCUT2D eigenvalue weighted by atomic mass is 9.80. The molecule has 2 atom stereocenters. The molecule has 0 saturated carbocycles. The van der Waals surface area contributed by atoms with Gasteiger partial charge in [0.2, 0.25) is 10.0 Å². The third kappa shape index (κ3) is 6.55. The van der Waals surface area contributed by atoms with Crippen LogP contribution in [0.15, 0.2) is 126 Å². The van der Waals surface area contributed by atoms with Crippen LogP contribution >= 0.6 is 0 Å². The molecule has 0 spiro atoms. The van der Waals surface area contributed by atoms with Gasteiger partial charge in [0.25, 0.3) is 0 Å². The fourth-order valence-corrected chi connectivity index (χ4v) is 5.78. The maximum atomic E-state index is 14.0. The number of rotatable bonds is 12. The Balaban J connectivity index is 1.89. The maximum absolute atomic E-state index is 14.0. The Hall–Kier alpha value is -3.78. The Morgan fingerprint density at radius 2 is 1.26 bits per heavy atom. The van der Waals surface area contributed by atoms with E-state index in [1.807, 2.05) is 91.0 Å². The van der Waals surface area contributed by atoms with Gasteiger partial charge >= 0.3 is 5.97 Å². The Morgan fingerprint density at radius 1 is 0.763 bits per heavy atom. The number of carbonyl (C=O) groups excluding carboxylic acids is 1. The molecular weight excluding hydrogens is 496 g/mol. The third-order valence-corrected chi connectivity index (χ3v) is 7.81. The van der Waals surface area contributed by atoms with E-state index in [1.165, 1.54) is 12.1 Å². The van der Waals surface area contributed by atoms with Gasteiger partial charge in [-0.2, -0.15) is 0 Å². The monoisotopic (exact) mass is 528 g/mol. The van der Waals surface area contributed by atoms with Crippen molar-refractivity contribution in [3.63, 3.8) is 0 Å². The average molecular weight is 529 g/mol. The fraction of sp³-hybridized carbons (Fsp3) is 0.194. The largest absolute Gasteiger partial charge is 0.465 e. The van der Waals surface area contributed by atoms with Crippen molar-refractivity contribution in [1.82, 2.24) is 10.0 Å². The number of nitrogens with one attached hydrogen (secondary N) is 2. The van der Waals surface area contributed by atoms with E-state index in [0.29, 0.717) is 12.1 Å². The molecule has 0 saturated heterocycles. The van der Waals surface area contributed by atoms with Crippen LogP contribution in [0.4, 0.5) is 0 Å². The number of ether oxygens (including phenoxy) is 1. The SMILES string of the molecule is CCOC(=O)[C@](Cc1ccccc1)(NCc1ccccc1)[C@H](NS(=O)(=O)c1ccccc1)c1ccccc1. The minimum Gasteiger partial charge on any atom is -0.465 e. The highest BCUT2D eigenvalue weighted by molar-refractivity contribution is 7.89. The molecule has 7 heteroatoms. The van der Waals surface area contributed by atoms with Gasteiger partial charge in [-0.15, -0.1) is 0 Å². The predicted octanol–water partition coefficient (Wildman–Crippen LogP) is 5.04. The Labute approximate surface area is 224 Å². The number of hydrogen-bond acceptors (Lipinski definition) is 5. The van der Waals surface area contributed by atoms with Gasteiger partial charge in [-0.3, -0.25) is 5.32 Å². The molecule has 0 amide bonds. The molecule has 4 rings (SSSR count). The first-order valence-electron chi connectivity index (χ1n) is 12.6. The smallest absolute Gasteiger partial charge is 0.328 e. The van der Waals surface area contributed by atoms with Crippen molar-refractivity contribution in [2.24, 2.45) is 0 Å². The van der Waals surface area contributed by atoms with E-state index in [9.17, 15) is 13.2 Å². The minimum absolute atomic E-state index is 0.112. The van der Waals surface area contributed by atoms with Gasteiger partial charge in [-0.1, -0.05) is 109 Å². The van der Waals surface area contributed by atoms with E-state index in [1.54, 1.807) is 25.1 Å². The van der Waals surface area contributed by atoms with Crippen molar-refractivity contribution >= 4 is 16.0 Å². The lowest BCUT2D eigenvalue weighted by molar-refractivity contribution is -0.152. The molecule has 6 nitrogen and oxygen atoms in total. The van der Waals surface area contributed by atoms with Crippen LogP contribution in [-0.2, 0) is 32.5 Å². The summed E-state index contributed by atoms with van der Waals surface area (Å²) in [6.07, 6.45) is 0.191. The minimum atomic E-state index is -4.01. The molecule has 0 unspecified atom stereocenters. The van der Waals surface area contributed by atoms with Crippen molar-refractivity contribution in [3.05, 3.63) is 138 Å². The van der Waals surface area contributed by atoms with Gasteiger partial charge in [0, 0.05) is 13.0 Å². The van der Waals surface area contributed by atoms with Crippen molar-refractivity contribution in [2.75, 3.05) is 6.61 Å². The first kappa shape index (κ1) is 27.3.